The van der Waals surface area contributed by atoms with Crippen LogP contribution in [0.15, 0.2) is 48.5 Å². The SMILES string of the molecule is NC(=O)C1COCCN1Cc1ccc(OCc2cccc(F)c2)cc1. The summed E-state index contributed by atoms with van der Waals surface area (Å²) in [7, 11) is 0. The Morgan fingerprint density at radius 3 is 2.76 bits per heavy atom. The summed E-state index contributed by atoms with van der Waals surface area (Å²) in [6, 6.07) is 13.6. The molecule has 0 spiro atoms. The van der Waals surface area contributed by atoms with Crippen LogP contribution in [0.5, 0.6) is 5.75 Å². The van der Waals surface area contributed by atoms with E-state index in [1.165, 1.54) is 12.1 Å². The number of benzene rings is 2. The highest BCUT2D eigenvalue weighted by Gasteiger charge is 2.27. The summed E-state index contributed by atoms with van der Waals surface area (Å²) >= 11 is 0. The predicted molar refractivity (Wildman–Crippen MR) is 91.4 cm³/mol. The number of nitrogens with zero attached hydrogens (tertiary/aromatic N) is 1. The molecule has 1 unspecified atom stereocenters. The first-order chi connectivity index (χ1) is 12.1. The molecule has 2 N–H and O–H groups in total. The lowest BCUT2D eigenvalue weighted by Gasteiger charge is -2.33. The van der Waals surface area contributed by atoms with E-state index in [2.05, 4.69) is 0 Å². The van der Waals surface area contributed by atoms with Crippen LogP contribution in [0, 0.1) is 5.82 Å². The minimum absolute atomic E-state index is 0.272. The van der Waals surface area contributed by atoms with Gasteiger partial charge in [0.2, 0.25) is 5.91 Å². The number of ether oxygens (including phenoxy) is 2. The molecule has 0 saturated carbocycles. The second-order valence-corrected chi connectivity index (χ2v) is 6.03. The van der Waals surface area contributed by atoms with Crippen molar-refractivity contribution in [3.63, 3.8) is 0 Å². The monoisotopic (exact) mass is 344 g/mol. The molecule has 2 aromatic carbocycles. The molecule has 1 atom stereocenters. The second kappa shape index (κ2) is 8.09. The lowest BCUT2D eigenvalue weighted by atomic mass is 10.1. The molecule has 2 aromatic rings. The van der Waals surface area contributed by atoms with Crippen molar-refractivity contribution in [2.45, 2.75) is 19.2 Å². The first-order valence-corrected chi connectivity index (χ1v) is 8.19. The fourth-order valence-electron chi connectivity index (χ4n) is 2.81. The highest BCUT2D eigenvalue weighted by molar-refractivity contribution is 5.80. The number of primary amides is 1. The van der Waals surface area contributed by atoms with Crippen molar-refractivity contribution in [1.82, 2.24) is 4.90 Å². The quantitative estimate of drug-likeness (QED) is 0.871. The first-order valence-electron chi connectivity index (χ1n) is 8.19. The van der Waals surface area contributed by atoms with Gasteiger partial charge in [-0.1, -0.05) is 24.3 Å². The maximum Gasteiger partial charge on any atom is 0.237 e. The Hall–Kier alpha value is -2.44. The molecule has 132 valence electrons. The lowest BCUT2D eigenvalue weighted by molar-refractivity contribution is -0.129. The Morgan fingerprint density at radius 2 is 2.04 bits per heavy atom. The standard InChI is InChI=1S/C19H21FN2O3/c20-16-3-1-2-15(10-16)12-25-17-6-4-14(5-7-17)11-22-8-9-24-13-18(22)19(21)23/h1-7,10,18H,8-9,11-13H2,(H2,21,23). The molecule has 0 radical (unpaired) electrons. The van der Waals surface area contributed by atoms with E-state index in [-0.39, 0.29) is 11.7 Å². The Morgan fingerprint density at radius 1 is 1.24 bits per heavy atom. The van der Waals surface area contributed by atoms with Gasteiger partial charge in [0.25, 0.3) is 0 Å². The van der Waals surface area contributed by atoms with Crippen LogP contribution < -0.4 is 10.5 Å². The largest absolute Gasteiger partial charge is 0.489 e. The molecule has 0 aromatic heterocycles. The zero-order valence-corrected chi connectivity index (χ0v) is 13.9. The number of rotatable bonds is 6. The third kappa shape index (κ3) is 4.78. The molecule has 25 heavy (non-hydrogen) atoms. The van der Waals surface area contributed by atoms with Crippen LogP contribution in [0.2, 0.25) is 0 Å². The van der Waals surface area contributed by atoms with Crippen molar-refractivity contribution in [3.05, 3.63) is 65.5 Å². The average Bonchev–Trinajstić information content (AvgIpc) is 2.61. The molecule has 3 rings (SSSR count). The van der Waals surface area contributed by atoms with Crippen molar-refractivity contribution < 1.29 is 18.7 Å². The van der Waals surface area contributed by atoms with Crippen LogP contribution in [-0.4, -0.2) is 36.6 Å². The molecule has 1 amide bonds. The number of carbonyl (C=O) groups excluding carboxylic acids is 1. The van der Waals surface area contributed by atoms with Crippen molar-refractivity contribution in [1.29, 1.82) is 0 Å². The predicted octanol–water partition coefficient (Wildman–Crippen LogP) is 2.09. The van der Waals surface area contributed by atoms with E-state index in [1.54, 1.807) is 6.07 Å². The van der Waals surface area contributed by atoms with Gasteiger partial charge in [-0.25, -0.2) is 4.39 Å². The number of halogens is 1. The molecular weight excluding hydrogens is 323 g/mol. The summed E-state index contributed by atoms with van der Waals surface area (Å²) in [6.07, 6.45) is 0. The fraction of sp³-hybridized carbons (Fsp3) is 0.316. The summed E-state index contributed by atoms with van der Waals surface area (Å²) in [5.41, 5.74) is 7.27. The van der Waals surface area contributed by atoms with Crippen LogP contribution in [-0.2, 0) is 22.7 Å². The summed E-state index contributed by atoms with van der Waals surface area (Å²) in [6.45, 7) is 2.54. The van der Waals surface area contributed by atoms with Gasteiger partial charge in [0.15, 0.2) is 0 Å². The molecule has 1 aliphatic rings. The Balaban J connectivity index is 1.57. The van der Waals surface area contributed by atoms with E-state index >= 15 is 0 Å². The van der Waals surface area contributed by atoms with Gasteiger partial charge in [0.1, 0.15) is 24.2 Å². The average molecular weight is 344 g/mol. The van der Waals surface area contributed by atoms with Crippen molar-refractivity contribution in [2.24, 2.45) is 5.73 Å². The first kappa shape index (κ1) is 17.4. The number of amides is 1. The smallest absolute Gasteiger partial charge is 0.237 e. The van der Waals surface area contributed by atoms with Crippen LogP contribution in [0.1, 0.15) is 11.1 Å². The molecule has 5 nitrogen and oxygen atoms in total. The molecule has 6 heteroatoms. The minimum atomic E-state index is -0.391. The van der Waals surface area contributed by atoms with Gasteiger partial charge >= 0.3 is 0 Å². The third-order valence-electron chi connectivity index (χ3n) is 4.17. The molecule has 1 fully saturated rings. The molecule has 1 saturated heterocycles. The van der Waals surface area contributed by atoms with Crippen molar-refractivity contribution in [3.8, 4) is 5.75 Å². The van der Waals surface area contributed by atoms with Crippen molar-refractivity contribution >= 4 is 5.91 Å². The molecule has 1 aliphatic heterocycles. The molecule has 1 heterocycles. The number of hydrogen-bond donors (Lipinski definition) is 1. The summed E-state index contributed by atoms with van der Waals surface area (Å²) in [5.74, 6) is 0.0714. The maximum atomic E-state index is 13.2. The zero-order chi connectivity index (χ0) is 17.6. The highest BCUT2D eigenvalue weighted by Crippen LogP contribution is 2.17. The van der Waals surface area contributed by atoms with Gasteiger partial charge < -0.3 is 15.2 Å². The van der Waals surface area contributed by atoms with Gasteiger partial charge in [-0.3, -0.25) is 9.69 Å². The lowest BCUT2D eigenvalue weighted by Crippen LogP contribution is -2.51. The number of morpholine rings is 1. The van der Waals surface area contributed by atoms with Crippen molar-refractivity contribution in [2.75, 3.05) is 19.8 Å². The van der Waals surface area contributed by atoms with Crippen LogP contribution >= 0.6 is 0 Å². The van der Waals surface area contributed by atoms with Crippen LogP contribution in [0.3, 0.4) is 0 Å². The third-order valence-corrected chi connectivity index (χ3v) is 4.17. The van der Waals surface area contributed by atoms with Gasteiger partial charge in [-0.2, -0.15) is 0 Å². The summed E-state index contributed by atoms with van der Waals surface area (Å²) in [4.78, 5) is 13.5. The summed E-state index contributed by atoms with van der Waals surface area (Å²) in [5, 5.41) is 0. The number of nitrogens with two attached hydrogens (primary N) is 1. The van der Waals surface area contributed by atoms with Gasteiger partial charge in [0, 0.05) is 13.1 Å². The topological polar surface area (TPSA) is 64.8 Å². The Bertz CT molecular complexity index is 721. The van der Waals surface area contributed by atoms with Gasteiger partial charge in [-0.05, 0) is 35.4 Å². The van der Waals surface area contributed by atoms with Gasteiger partial charge in [0.05, 0.1) is 13.2 Å². The minimum Gasteiger partial charge on any atom is -0.489 e. The number of carbonyl (C=O) groups is 1. The number of hydrogen-bond acceptors (Lipinski definition) is 4. The second-order valence-electron chi connectivity index (χ2n) is 6.03. The maximum absolute atomic E-state index is 13.2. The molecule has 0 bridgehead atoms. The zero-order valence-electron chi connectivity index (χ0n) is 13.9. The van der Waals surface area contributed by atoms with E-state index < -0.39 is 6.04 Å². The van der Waals surface area contributed by atoms with E-state index in [0.29, 0.717) is 38.7 Å². The summed E-state index contributed by atoms with van der Waals surface area (Å²) < 4.78 is 24.2. The molecule has 0 aliphatic carbocycles. The van der Waals surface area contributed by atoms with Gasteiger partial charge in [-0.15, -0.1) is 0 Å². The fourth-order valence-corrected chi connectivity index (χ4v) is 2.81. The Labute approximate surface area is 146 Å². The molecular formula is C19H21FN2O3. The Kier molecular flexibility index (Phi) is 5.63. The van der Waals surface area contributed by atoms with E-state index in [0.717, 1.165) is 11.1 Å². The van der Waals surface area contributed by atoms with Crippen LogP contribution in [0.25, 0.3) is 0 Å². The van der Waals surface area contributed by atoms with E-state index in [1.807, 2.05) is 35.2 Å². The highest BCUT2D eigenvalue weighted by atomic mass is 19.1. The normalized spacial score (nSPS) is 18.0. The van der Waals surface area contributed by atoms with Crippen LogP contribution in [0.4, 0.5) is 4.39 Å². The van der Waals surface area contributed by atoms with E-state index in [4.69, 9.17) is 15.2 Å². The van der Waals surface area contributed by atoms with E-state index in [9.17, 15) is 9.18 Å².